The van der Waals surface area contributed by atoms with Crippen molar-refractivity contribution in [1.82, 2.24) is 15.5 Å². The molecule has 1 aliphatic rings. The number of anilines is 1. The van der Waals surface area contributed by atoms with E-state index < -0.39 is 0 Å². The van der Waals surface area contributed by atoms with E-state index in [1.165, 1.54) is 34.2 Å². The van der Waals surface area contributed by atoms with Gasteiger partial charge in [0.15, 0.2) is 4.34 Å². The van der Waals surface area contributed by atoms with Crippen LogP contribution < -0.4 is 10.6 Å². The largest absolute Gasteiger partial charge is 0.357 e. The van der Waals surface area contributed by atoms with Crippen LogP contribution in [0, 0.1) is 0 Å². The smallest absolute Gasteiger partial charge is 0.233 e. The predicted octanol–water partition coefficient (Wildman–Crippen LogP) is 3.81. The van der Waals surface area contributed by atoms with Gasteiger partial charge in [-0.15, -0.1) is 16.8 Å². The monoisotopic (exact) mass is 374 g/mol. The number of nitrogens with one attached hydrogen (secondary N) is 2. The SMILES string of the molecule is C=CCNc1nnc(S[C@@H](C)C(=O)N[C@@H]2CCCc3ccccc32)s1. The topological polar surface area (TPSA) is 66.9 Å². The molecular formula is C18H22N4OS2. The summed E-state index contributed by atoms with van der Waals surface area (Å²) in [5, 5.41) is 15.0. The Morgan fingerprint density at radius 1 is 1.48 bits per heavy atom. The summed E-state index contributed by atoms with van der Waals surface area (Å²) in [4.78, 5) is 12.6. The molecule has 1 heterocycles. The second-order valence-electron chi connectivity index (χ2n) is 5.95. The number of thioether (sulfide) groups is 1. The predicted molar refractivity (Wildman–Crippen MR) is 104 cm³/mol. The highest BCUT2D eigenvalue weighted by atomic mass is 32.2. The quantitative estimate of drug-likeness (QED) is 0.570. The summed E-state index contributed by atoms with van der Waals surface area (Å²) in [6, 6.07) is 8.50. The molecule has 1 amide bonds. The van der Waals surface area contributed by atoms with Gasteiger partial charge in [0.25, 0.3) is 0 Å². The standard InChI is InChI=1S/C18H22N4OS2/c1-3-11-19-17-21-22-18(25-17)24-12(2)16(23)20-15-10-6-8-13-7-4-5-9-14(13)15/h3-5,7,9,12,15H,1,6,8,10-11H2,2H3,(H,19,21)(H,20,23)/t12-,15+/m0/s1. The highest BCUT2D eigenvalue weighted by Crippen LogP contribution is 2.32. The van der Waals surface area contributed by atoms with Crippen molar-refractivity contribution in [2.75, 3.05) is 11.9 Å². The summed E-state index contributed by atoms with van der Waals surface area (Å²) >= 11 is 2.90. The fourth-order valence-corrected chi connectivity index (χ4v) is 4.80. The Bertz CT molecular complexity index is 746. The lowest BCUT2D eigenvalue weighted by molar-refractivity contribution is -0.121. The van der Waals surface area contributed by atoms with Gasteiger partial charge in [0.2, 0.25) is 11.0 Å². The minimum absolute atomic E-state index is 0.0440. The van der Waals surface area contributed by atoms with E-state index in [-0.39, 0.29) is 17.2 Å². The lowest BCUT2D eigenvalue weighted by Crippen LogP contribution is -2.35. The summed E-state index contributed by atoms with van der Waals surface area (Å²) in [6.45, 7) is 6.22. The van der Waals surface area contributed by atoms with Crippen molar-refractivity contribution in [3.05, 3.63) is 48.0 Å². The first-order valence-electron chi connectivity index (χ1n) is 8.40. The number of amides is 1. The zero-order valence-corrected chi connectivity index (χ0v) is 15.8. The molecule has 1 aliphatic carbocycles. The third-order valence-corrected chi connectivity index (χ3v) is 6.20. The minimum atomic E-state index is -0.214. The zero-order valence-electron chi connectivity index (χ0n) is 14.2. The first-order valence-corrected chi connectivity index (χ1v) is 10.1. The molecule has 0 saturated heterocycles. The second kappa shape index (κ2) is 8.49. The first-order chi connectivity index (χ1) is 12.2. The number of carbonyl (C=O) groups is 1. The number of aromatic nitrogens is 2. The molecule has 0 bridgehead atoms. The Labute approximate surface area is 156 Å². The van der Waals surface area contributed by atoms with Crippen LogP contribution in [0.1, 0.15) is 36.9 Å². The minimum Gasteiger partial charge on any atom is -0.357 e. The summed E-state index contributed by atoms with van der Waals surface area (Å²) in [6.07, 6.45) is 4.97. The van der Waals surface area contributed by atoms with Crippen LogP contribution in [0.15, 0.2) is 41.3 Å². The van der Waals surface area contributed by atoms with E-state index in [1.807, 2.05) is 13.0 Å². The molecule has 25 heavy (non-hydrogen) atoms. The van der Waals surface area contributed by atoms with Gasteiger partial charge in [-0.2, -0.15) is 0 Å². The van der Waals surface area contributed by atoms with Crippen LogP contribution in [0.2, 0.25) is 0 Å². The van der Waals surface area contributed by atoms with Crippen LogP contribution in [0.4, 0.5) is 5.13 Å². The van der Waals surface area contributed by atoms with Gasteiger partial charge >= 0.3 is 0 Å². The highest BCUT2D eigenvalue weighted by molar-refractivity contribution is 8.02. The number of hydrogen-bond donors (Lipinski definition) is 2. The lowest BCUT2D eigenvalue weighted by atomic mass is 9.88. The van der Waals surface area contributed by atoms with Gasteiger partial charge in [0, 0.05) is 6.54 Å². The van der Waals surface area contributed by atoms with Gasteiger partial charge in [-0.25, -0.2) is 0 Å². The third kappa shape index (κ3) is 4.61. The zero-order chi connectivity index (χ0) is 17.6. The van der Waals surface area contributed by atoms with Crippen molar-refractivity contribution >= 4 is 34.1 Å². The van der Waals surface area contributed by atoms with Gasteiger partial charge in [-0.3, -0.25) is 4.79 Å². The molecular weight excluding hydrogens is 352 g/mol. The number of hydrogen-bond acceptors (Lipinski definition) is 6. The third-order valence-electron chi connectivity index (χ3n) is 4.14. The van der Waals surface area contributed by atoms with Crippen molar-refractivity contribution in [1.29, 1.82) is 0 Å². The van der Waals surface area contributed by atoms with Crippen molar-refractivity contribution in [3.8, 4) is 0 Å². The maximum absolute atomic E-state index is 12.6. The number of benzene rings is 1. The van der Waals surface area contributed by atoms with Crippen LogP contribution in [0.5, 0.6) is 0 Å². The molecule has 0 unspecified atom stereocenters. The molecule has 5 nitrogen and oxygen atoms in total. The van der Waals surface area contributed by atoms with Gasteiger partial charge in [-0.05, 0) is 37.3 Å². The van der Waals surface area contributed by atoms with Crippen LogP contribution in [0.3, 0.4) is 0 Å². The van der Waals surface area contributed by atoms with E-state index in [2.05, 4.69) is 45.6 Å². The summed E-state index contributed by atoms with van der Waals surface area (Å²) in [5.74, 6) is 0.0440. The van der Waals surface area contributed by atoms with Crippen molar-refractivity contribution in [2.45, 2.75) is 41.8 Å². The molecule has 7 heteroatoms. The number of carbonyl (C=O) groups excluding carboxylic acids is 1. The van der Waals surface area contributed by atoms with Gasteiger partial charge in [0.1, 0.15) is 0 Å². The molecule has 3 rings (SSSR count). The molecule has 0 aliphatic heterocycles. The molecule has 1 aromatic carbocycles. The number of aryl methyl sites for hydroxylation is 1. The Morgan fingerprint density at radius 2 is 2.32 bits per heavy atom. The van der Waals surface area contributed by atoms with Gasteiger partial charge in [-0.1, -0.05) is 53.4 Å². The Balaban J connectivity index is 1.58. The lowest BCUT2D eigenvalue weighted by Gasteiger charge is -2.27. The van der Waals surface area contributed by atoms with E-state index in [0.29, 0.717) is 6.54 Å². The van der Waals surface area contributed by atoms with Crippen LogP contribution >= 0.6 is 23.1 Å². The normalized spacial score (nSPS) is 17.4. The average Bonchev–Trinajstić information content (AvgIpc) is 3.07. The van der Waals surface area contributed by atoms with Crippen molar-refractivity contribution in [2.24, 2.45) is 0 Å². The number of nitrogens with zero attached hydrogens (tertiary/aromatic N) is 2. The molecule has 2 N–H and O–H groups in total. The molecule has 0 saturated carbocycles. The summed E-state index contributed by atoms with van der Waals surface area (Å²) < 4.78 is 0.790. The molecule has 2 aromatic rings. The Hall–Kier alpha value is -1.86. The highest BCUT2D eigenvalue weighted by Gasteiger charge is 2.24. The van der Waals surface area contributed by atoms with E-state index in [1.54, 1.807) is 6.08 Å². The molecule has 1 aromatic heterocycles. The van der Waals surface area contributed by atoms with Gasteiger partial charge < -0.3 is 10.6 Å². The molecule has 0 radical (unpaired) electrons. The molecule has 0 fully saturated rings. The van der Waals surface area contributed by atoms with E-state index in [0.717, 1.165) is 28.7 Å². The maximum atomic E-state index is 12.6. The molecule has 0 spiro atoms. The second-order valence-corrected chi connectivity index (χ2v) is 8.52. The first kappa shape index (κ1) is 17.9. The number of fused-ring (bicyclic) bond motifs is 1. The van der Waals surface area contributed by atoms with E-state index in [4.69, 9.17) is 0 Å². The fraction of sp³-hybridized carbons (Fsp3) is 0.389. The summed E-state index contributed by atoms with van der Waals surface area (Å²) in [7, 11) is 0. The fourth-order valence-electron chi connectivity index (χ4n) is 2.89. The van der Waals surface area contributed by atoms with E-state index >= 15 is 0 Å². The Morgan fingerprint density at radius 3 is 3.16 bits per heavy atom. The maximum Gasteiger partial charge on any atom is 0.233 e. The van der Waals surface area contributed by atoms with Gasteiger partial charge in [0.05, 0.1) is 11.3 Å². The van der Waals surface area contributed by atoms with Crippen molar-refractivity contribution in [3.63, 3.8) is 0 Å². The summed E-state index contributed by atoms with van der Waals surface area (Å²) in [5.41, 5.74) is 2.60. The van der Waals surface area contributed by atoms with Crippen LogP contribution in [0.25, 0.3) is 0 Å². The Kier molecular flexibility index (Phi) is 6.09. The van der Waals surface area contributed by atoms with Crippen LogP contribution in [-0.4, -0.2) is 27.9 Å². The molecule has 2 atom stereocenters. The van der Waals surface area contributed by atoms with Crippen LogP contribution in [-0.2, 0) is 11.2 Å². The van der Waals surface area contributed by atoms with E-state index in [9.17, 15) is 4.79 Å². The van der Waals surface area contributed by atoms with Crippen molar-refractivity contribution < 1.29 is 4.79 Å². The number of rotatable bonds is 7. The average molecular weight is 375 g/mol. The molecule has 132 valence electrons.